The Morgan fingerprint density at radius 1 is 1.19 bits per heavy atom. The molecule has 1 heterocycles. The molecule has 0 amide bonds. The largest absolute Gasteiger partial charge is 0.465 e. The van der Waals surface area contributed by atoms with Crippen molar-refractivity contribution in [3.8, 4) is 0 Å². The Hall–Kier alpha value is -1.66. The lowest BCUT2D eigenvalue weighted by Crippen LogP contribution is -2.16. The first-order valence-corrected chi connectivity index (χ1v) is 7.59. The number of nitrogens with zero attached hydrogens (tertiary/aromatic N) is 1. The third-order valence-electron chi connectivity index (χ3n) is 2.97. The molecule has 0 saturated carbocycles. The fraction of sp³-hybridized carbons (Fsp3) is 0.308. The predicted octanol–water partition coefficient (Wildman–Crippen LogP) is 2.46. The minimum atomic E-state index is -3.54. The van der Waals surface area contributed by atoms with Crippen LogP contribution in [0.3, 0.4) is 0 Å². The van der Waals surface area contributed by atoms with Gasteiger partial charge in [0.05, 0.1) is 25.0 Å². The lowest BCUT2D eigenvalue weighted by atomic mass is 10.1. The third kappa shape index (κ3) is 3.01. The molecule has 0 radical (unpaired) electrons. The first-order valence-electron chi connectivity index (χ1n) is 6.09. The van der Waals surface area contributed by atoms with Gasteiger partial charge in [0.2, 0.25) is 0 Å². The molecule has 1 aromatic rings. The molecule has 0 fully saturated rings. The second kappa shape index (κ2) is 6.41. The highest BCUT2D eigenvalue weighted by atomic mass is 31.2. The molecule has 0 aromatic heterocycles. The van der Waals surface area contributed by atoms with Crippen LogP contribution in [0.4, 0.5) is 0 Å². The summed E-state index contributed by atoms with van der Waals surface area (Å²) in [4.78, 5) is 17.8. The molecule has 8 heteroatoms. The van der Waals surface area contributed by atoms with E-state index in [2.05, 4.69) is 4.74 Å². The van der Waals surface area contributed by atoms with Gasteiger partial charge in [0.25, 0.3) is 0 Å². The standard InChI is InChI=1S/C13H16NO6P/c1-17-13(15)11-6-4-10(5-7-11)12-8-9-20-14(12)21(16,18-2)19-3/h4-8H,9H2,1-3H3. The minimum absolute atomic E-state index is 0.255. The number of carbonyl (C=O) groups excluding carboxylic acids is 1. The van der Waals surface area contributed by atoms with E-state index in [0.29, 0.717) is 11.3 Å². The number of hydrogen-bond acceptors (Lipinski definition) is 6. The van der Waals surface area contributed by atoms with Crippen LogP contribution < -0.4 is 0 Å². The molecule has 0 spiro atoms. The van der Waals surface area contributed by atoms with Crippen LogP contribution in [0, 0.1) is 0 Å². The zero-order chi connectivity index (χ0) is 15.5. The summed E-state index contributed by atoms with van der Waals surface area (Å²) in [5.74, 6) is -0.422. The van der Waals surface area contributed by atoms with E-state index in [1.54, 1.807) is 30.3 Å². The van der Waals surface area contributed by atoms with E-state index in [4.69, 9.17) is 13.9 Å². The van der Waals surface area contributed by atoms with Crippen molar-refractivity contribution in [1.82, 2.24) is 4.83 Å². The fourth-order valence-corrected chi connectivity index (χ4v) is 3.00. The summed E-state index contributed by atoms with van der Waals surface area (Å²) < 4.78 is 26.9. The zero-order valence-electron chi connectivity index (χ0n) is 11.9. The van der Waals surface area contributed by atoms with E-state index in [0.717, 1.165) is 10.4 Å². The van der Waals surface area contributed by atoms with E-state index >= 15 is 0 Å². The van der Waals surface area contributed by atoms with Gasteiger partial charge < -0.3 is 4.74 Å². The van der Waals surface area contributed by atoms with Crippen LogP contribution in [0.15, 0.2) is 30.3 Å². The summed E-state index contributed by atoms with van der Waals surface area (Å²) in [6, 6.07) is 6.64. The van der Waals surface area contributed by atoms with Gasteiger partial charge in [-0.1, -0.05) is 12.1 Å². The van der Waals surface area contributed by atoms with E-state index in [9.17, 15) is 9.36 Å². The summed E-state index contributed by atoms with van der Waals surface area (Å²) in [6.45, 7) is 0.255. The third-order valence-corrected chi connectivity index (χ3v) is 4.66. The van der Waals surface area contributed by atoms with Crippen molar-refractivity contribution in [3.63, 3.8) is 0 Å². The van der Waals surface area contributed by atoms with Gasteiger partial charge in [-0.15, -0.1) is 0 Å². The molecule has 1 aliphatic heterocycles. The van der Waals surface area contributed by atoms with Crippen LogP contribution in [0.2, 0.25) is 0 Å². The van der Waals surface area contributed by atoms with E-state index in [1.807, 2.05) is 0 Å². The topological polar surface area (TPSA) is 74.3 Å². The average Bonchev–Trinajstić information content (AvgIpc) is 3.03. The first-order chi connectivity index (χ1) is 10.1. The molecule has 0 aliphatic carbocycles. The second-order valence-electron chi connectivity index (χ2n) is 4.06. The van der Waals surface area contributed by atoms with Crippen LogP contribution in [0.1, 0.15) is 15.9 Å². The molecule has 2 rings (SSSR count). The Morgan fingerprint density at radius 3 is 2.33 bits per heavy atom. The monoisotopic (exact) mass is 313 g/mol. The van der Waals surface area contributed by atoms with Crippen molar-refractivity contribution in [2.45, 2.75) is 0 Å². The van der Waals surface area contributed by atoms with E-state index in [-0.39, 0.29) is 6.61 Å². The minimum Gasteiger partial charge on any atom is -0.465 e. The van der Waals surface area contributed by atoms with Gasteiger partial charge in [-0.3, -0.25) is 13.9 Å². The predicted molar refractivity (Wildman–Crippen MR) is 75.2 cm³/mol. The molecular formula is C13H16NO6P. The van der Waals surface area contributed by atoms with Gasteiger partial charge in [0.1, 0.15) is 0 Å². The molecule has 0 bridgehead atoms. The molecule has 0 saturated heterocycles. The summed E-state index contributed by atoms with van der Waals surface area (Å²) in [5, 5.41) is 0. The van der Waals surface area contributed by atoms with Crippen molar-refractivity contribution < 1.29 is 28.0 Å². The Morgan fingerprint density at radius 2 is 1.81 bits per heavy atom. The Labute approximate surface area is 122 Å². The van der Waals surface area contributed by atoms with Crippen LogP contribution in [0.25, 0.3) is 5.70 Å². The van der Waals surface area contributed by atoms with Crippen molar-refractivity contribution in [3.05, 3.63) is 41.5 Å². The van der Waals surface area contributed by atoms with Crippen molar-refractivity contribution in [2.75, 3.05) is 27.9 Å². The smallest absolute Gasteiger partial charge is 0.458 e. The van der Waals surface area contributed by atoms with Gasteiger partial charge in [-0.05, 0) is 18.2 Å². The Kier molecular flexibility index (Phi) is 4.80. The Balaban J connectivity index is 2.29. The lowest BCUT2D eigenvalue weighted by molar-refractivity contribution is -0.0325. The average molecular weight is 313 g/mol. The quantitative estimate of drug-likeness (QED) is 0.610. The molecule has 7 nitrogen and oxygen atoms in total. The number of carbonyl (C=O) groups is 1. The maximum atomic E-state index is 12.4. The van der Waals surface area contributed by atoms with Crippen LogP contribution in [-0.4, -0.2) is 38.7 Å². The summed E-state index contributed by atoms with van der Waals surface area (Å²) in [7, 11) is 0.346. The first kappa shape index (κ1) is 15.7. The summed E-state index contributed by atoms with van der Waals surface area (Å²) >= 11 is 0. The maximum Gasteiger partial charge on any atom is 0.458 e. The molecule has 1 aliphatic rings. The number of rotatable bonds is 5. The van der Waals surface area contributed by atoms with Crippen molar-refractivity contribution in [2.24, 2.45) is 0 Å². The van der Waals surface area contributed by atoms with E-state index in [1.165, 1.54) is 21.3 Å². The lowest BCUT2D eigenvalue weighted by Gasteiger charge is -2.26. The number of hydroxylamine groups is 1. The maximum absolute atomic E-state index is 12.4. The SMILES string of the molecule is COC(=O)c1ccc(C2=CCON2P(=O)(OC)OC)cc1. The summed E-state index contributed by atoms with van der Waals surface area (Å²) in [5.41, 5.74) is 1.70. The molecular weight excluding hydrogens is 297 g/mol. The van der Waals surface area contributed by atoms with Crippen LogP contribution in [0.5, 0.6) is 0 Å². The highest BCUT2D eigenvalue weighted by molar-refractivity contribution is 7.51. The fourth-order valence-electron chi connectivity index (χ4n) is 1.88. The number of ether oxygens (including phenoxy) is 1. The Bertz CT molecular complexity index is 589. The van der Waals surface area contributed by atoms with Crippen molar-refractivity contribution in [1.29, 1.82) is 0 Å². The highest BCUT2D eigenvalue weighted by Gasteiger charge is 2.37. The highest BCUT2D eigenvalue weighted by Crippen LogP contribution is 2.55. The molecule has 0 unspecified atom stereocenters. The number of methoxy groups -OCH3 is 1. The van der Waals surface area contributed by atoms with Gasteiger partial charge in [0, 0.05) is 19.8 Å². The number of benzene rings is 1. The van der Waals surface area contributed by atoms with E-state index < -0.39 is 13.7 Å². The molecule has 1 aromatic carbocycles. The number of hydrogen-bond donors (Lipinski definition) is 0. The van der Waals surface area contributed by atoms with Crippen LogP contribution in [-0.2, 0) is 23.2 Å². The van der Waals surface area contributed by atoms with Gasteiger partial charge in [-0.2, -0.15) is 4.83 Å². The summed E-state index contributed by atoms with van der Waals surface area (Å²) in [6.07, 6.45) is 1.75. The second-order valence-corrected chi connectivity index (χ2v) is 6.09. The van der Waals surface area contributed by atoms with Gasteiger partial charge in [-0.25, -0.2) is 9.36 Å². The normalized spacial score (nSPS) is 15.0. The van der Waals surface area contributed by atoms with Gasteiger partial charge in [0.15, 0.2) is 0 Å². The molecule has 0 atom stereocenters. The molecule has 21 heavy (non-hydrogen) atoms. The van der Waals surface area contributed by atoms with Gasteiger partial charge >= 0.3 is 13.7 Å². The van der Waals surface area contributed by atoms with Crippen molar-refractivity contribution >= 4 is 19.4 Å². The van der Waals surface area contributed by atoms with Crippen LogP contribution >= 0.6 is 7.75 Å². The molecule has 0 N–H and O–H groups in total. The number of esters is 1. The molecule has 114 valence electrons. The zero-order valence-corrected chi connectivity index (χ0v) is 12.8.